The van der Waals surface area contributed by atoms with Crippen molar-refractivity contribution < 1.29 is 13.2 Å². The number of nitriles is 1. The summed E-state index contributed by atoms with van der Waals surface area (Å²) in [5.74, 6) is -0.398. The van der Waals surface area contributed by atoms with Gasteiger partial charge in [-0.3, -0.25) is 0 Å². The molecular weight excluding hydrogens is 251 g/mol. The van der Waals surface area contributed by atoms with Gasteiger partial charge in [0.05, 0.1) is 17.2 Å². The van der Waals surface area contributed by atoms with Gasteiger partial charge in [-0.1, -0.05) is 31.2 Å². The van der Waals surface area contributed by atoms with Gasteiger partial charge < -0.3 is 0 Å². The summed E-state index contributed by atoms with van der Waals surface area (Å²) in [6.45, 7) is 5.13. The average molecular weight is 260 g/mol. The van der Waals surface area contributed by atoms with E-state index in [2.05, 4.69) is 6.58 Å². The van der Waals surface area contributed by atoms with Gasteiger partial charge in [0.25, 0.3) is 0 Å². The minimum atomic E-state index is -4.55. The maximum atomic E-state index is 12.7. The minimum absolute atomic E-state index is 0.253. The summed E-state index contributed by atoms with van der Waals surface area (Å²) in [6.07, 6.45) is -4.55. The van der Waals surface area contributed by atoms with Gasteiger partial charge in [-0.15, -0.1) is 0 Å². The van der Waals surface area contributed by atoms with E-state index in [-0.39, 0.29) is 5.03 Å². The number of halogens is 4. The lowest BCUT2D eigenvalue weighted by Crippen LogP contribution is -2.09. The molecule has 0 saturated heterocycles. The van der Waals surface area contributed by atoms with E-state index in [0.29, 0.717) is 5.56 Å². The molecule has 0 aromatic heterocycles. The summed E-state index contributed by atoms with van der Waals surface area (Å²) in [5.41, 5.74) is -0.952. The summed E-state index contributed by atoms with van der Waals surface area (Å²) in [7, 11) is 0. The number of rotatable bonds is 2. The van der Waals surface area contributed by atoms with Crippen molar-refractivity contribution in [2.45, 2.75) is 19.0 Å². The zero-order chi connectivity index (χ0) is 13.2. The second kappa shape index (κ2) is 4.80. The van der Waals surface area contributed by atoms with E-state index in [9.17, 15) is 13.2 Å². The molecular formula is C12H9ClF3N. The van der Waals surface area contributed by atoms with E-state index < -0.39 is 23.2 Å². The number of hydrogen-bond acceptors (Lipinski definition) is 1. The predicted molar refractivity (Wildman–Crippen MR) is 59.6 cm³/mol. The maximum Gasteiger partial charge on any atom is 0.417 e. The molecule has 1 unspecified atom stereocenters. The van der Waals surface area contributed by atoms with Crippen LogP contribution in [0.3, 0.4) is 0 Å². The van der Waals surface area contributed by atoms with Crippen LogP contribution in [0.15, 0.2) is 29.8 Å². The Kier molecular flexibility index (Phi) is 3.84. The van der Waals surface area contributed by atoms with Crippen LogP contribution in [0.25, 0.3) is 0 Å². The largest absolute Gasteiger partial charge is 0.417 e. The molecule has 0 aliphatic rings. The zero-order valence-corrected chi connectivity index (χ0v) is 9.73. The van der Waals surface area contributed by atoms with E-state index in [1.54, 1.807) is 6.92 Å². The van der Waals surface area contributed by atoms with E-state index in [1.807, 2.05) is 0 Å². The average Bonchev–Trinajstić information content (AvgIpc) is 2.25. The molecule has 0 aliphatic heterocycles. The SMILES string of the molecule is C=C(Cl)C(C)c1ccc(C#N)c(C(F)(F)F)c1. The first kappa shape index (κ1) is 13.6. The Bertz CT molecular complexity index is 486. The van der Waals surface area contributed by atoms with E-state index >= 15 is 0 Å². The Morgan fingerprint density at radius 1 is 1.47 bits per heavy atom. The van der Waals surface area contributed by atoms with Crippen molar-refractivity contribution in [1.82, 2.24) is 0 Å². The fraction of sp³-hybridized carbons (Fsp3) is 0.250. The summed E-state index contributed by atoms with van der Waals surface area (Å²) < 4.78 is 38.0. The van der Waals surface area contributed by atoms with Gasteiger partial charge in [0.2, 0.25) is 0 Å². The zero-order valence-electron chi connectivity index (χ0n) is 8.98. The standard InChI is InChI=1S/C12H9ClF3N/c1-7(8(2)13)9-3-4-10(6-17)11(5-9)12(14,15)16/h3-5,7H,2H2,1H3. The van der Waals surface area contributed by atoms with Gasteiger partial charge in [0.1, 0.15) is 0 Å². The number of hydrogen-bond donors (Lipinski definition) is 0. The first-order valence-electron chi connectivity index (χ1n) is 4.73. The molecule has 1 aromatic rings. The highest BCUT2D eigenvalue weighted by Crippen LogP contribution is 2.35. The van der Waals surface area contributed by atoms with Crippen LogP contribution in [-0.2, 0) is 6.18 Å². The number of nitrogens with zero attached hydrogens (tertiary/aromatic N) is 1. The molecule has 5 heteroatoms. The summed E-state index contributed by atoms with van der Waals surface area (Å²) in [6, 6.07) is 5.06. The van der Waals surface area contributed by atoms with Crippen molar-refractivity contribution in [1.29, 1.82) is 5.26 Å². The third-order valence-electron chi connectivity index (χ3n) is 2.44. The van der Waals surface area contributed by atoms with E-state index in [4.69, 9.17) is 16.9 Å². The lowest BCUT2D eigenvalue weighted by atomic mass is 9.96. The number of benzene rings is 1. The molecule has 0 radical (unpaired) electrons. The molecule has 1 aromatic carbocycles. The molecule has 0 heterocycles. The molecule has 1 nitrogen and oxygen atoms in total. The topological polar surface area (TPSA) is 23.8 Å². The molecule has 1 rings (SSSR count). The molecule has 1 atom stereocenters. The quantitative estimate of drug-likeness (QED) is 0.771. The van der Waals surface area contributed by atoms with Crippen LogP contribution in [0.5, 0.6) is 0 Å². The smallest absolute Gasteiger partial charge is 0.192 e. The normalized spacial score (nSPS) is 12.9. The van der Waals surface area contributed by atoms with Crippen LogP contribution in [0.1, 0.15) is 29.5 Å². The molecule has 0 fully saturated rings. The molecule has 0 saturated carbocycles. The van der Waals surface area contributed by atoms with Gasteiger partial charge in [-0.25, -0.2) is 0 Å². The Morgan fingerprint density at radius 3 is 2.47 bits per heavy atom. The van der Waals surface area contributed by atoms with Gasteiger partial charge in [-0.2, -0.15) is 18.4 Å². The molecule has 17 heavy (non-hydrogen) atoms. The molecule has 0 N–H and O–H groups in total. The molecule has 0 aliphatic carbocycles. The maximum absolute atomic E-state index is 12.7. The van der Waals surface area contributed by atoms with Crippen LogP contribution < -0.4 is 0 Å². The van der Waals surface area contributed by atoms with Crippen LogP contribution >= 0.6 is 11.6 Å². The Morgan fingerprint density at radius 2 is 2.06 bits per heavy atom. The molecule has 0 amide bonds. The Labute approximate surface area is 102 Å². The number of allylic oxidation sites excluding steroid dienone is 1. The van der Waals surface area contributed by atoms with Gasteiger partial charge >= 0.3 is 6.18 Å². The van der Waals surface area contributed by atoms with Crippen molar-refractivity contribution in [3.63, 3.8) is 0 Å². The fourth-order valence-corrected chi connectivity index (χ4v) is 1.47. The number of alkyl halides is 3. The third kappa shape index (κ3) is 3.01. The highest BCUT2D eigenvalue weighted by molar-refractivity contribution is 6.29. The summed E-state index contributed by atoms with van der Waals surface area (Å²) in [4.78, 5) is 0. The molecule has 90 valence electrons. The van der Waals surface area contributed by atoms with Crippen LogP contribution in [0.4, 0.5) is 13.2 Å². The summed E-state index contributed by atoms with van der Waals surface area (Å²) >= 11 is 5.66. The Hall–Kier alpha value is -1.47. The minimum Gasteiger partial charge on any atom is -0.192 e. The molecule has 0 spiro atoms. The second-order valence-corrected chi connectivity index (χ2v) is 4.07. The monoisotopic (exact) mass is 259 g/mol. The first-order valence-corrected chi connectivity index (χ1v) is 5.10. The van der Waals surface area contributed by atoms with Gasteiger partial charge in [0, 0.05) is 11.0 Å². The lowest BCUT2D eigenvalue weighted by Gasteiger charge is -2.14. The highest BCUT2D eigenvalue weighted by atomic mass is 35.5. The first-order chi connectivity index (χ1) is 7.77. The van der Waals surface area contributed by atoms with Crippen molar-refractivity contribution in [2.24, 2.45) is 0 Å². The predicted octanol–water partition coefficient (Wildman–Crippen LogP) is 4.43. The van der Waals surface area contributed by atoms with Crippen molar-refractivity contribution >= 4 is 11.6 Å². The lowest BCUT2D eigenvalue weighted by molar-refractivity contribution is -0.137. The summed E-state index contributed by atoms with van der Waals surface area (Å²) in [5, 5.41) is 8.88. The molecule has 0 bridgehead atoms. The van der Waals surface area contributed by atoms with E-state index in [1.165, 1.54) is 12.1 Å². The van der Waals surface area contributed by atoms with Gasteiger partial charge in [0.15, 0.2) is 0 Å². The van der Waals surface area contributed by atoms with Crippen molar-refractivity contribution in [3.05, 3.63) is 46.5 Å². The Balaban J connectivity index is 3.34. The van der Waals surface area contributed by atoms with E-state index in [0.717, 1.165) is 12.1 Å². The van der Waals surface area contributed by atoms with Crippen LogP contribution in [-0.4, -0.2) is 0 Å². The van der Waals surface area contributed by atoms with Crippen molar-refractivity contribution in [3.8, 4) is 6.07 Å². The second-order valence-electron chi connectivity index (χ2n) is 3.58. The highest BCUT2D eigenvalue weighted by Gasteiger charge is 2.34. The van der Waals surface area contributed by atoms with Gasteiger partial charge in [-0.05, 0) is 17.7 Å². The van der Waals surface area contributed by atoms with Crippen molar-refractivity contribution in [2.75, 3.05) is 0 Å². The fourth-order valence-electron chi connectivity index (χ4n) is 1.34. The van der Waals surface area contributed by atoms with Crippen LogP contribution in [0, 0.1) is 11.3 Å². The third-order valence-corrected chi connectivity index (χ3v) is 2.77. The van der Waals surface area contributed by atoms with Crippen LogP contribution in [0.2, 0.25) is 0 Å².